The monoisotopic (exact) mass is 222 g/mol. The molecule has 1 aliphatic heterocycles. The van der Waals surface area contributed by atoms with Crippen LogP contribution in [0.2, 0.25) is 0 Å². The molecule has 0 unspecified atom stereocenters. The molecule has 0 atom stereocenters. The first-order chi connectivity index (χ1) is 7.84. The minimum atomic E-state index is 0.924. The van der Waals surface area contributed by atoms with Crippen LogP contribution in [0.3, 0.4) is 0 Å². The Balaban J connectivity index is 1.55. The van der Waals surface area contributed by atoms with Crippen LogP contribution in [0.4, 0.5) is 0 Å². The van der Waals surface area contributed by atoms with E-state index in [1.54, 1.807) is 6.26 Å². The summed E-state index contributed by atoms with van der Waals surface area (Å²) in [7, 11) is 2.22. The molecule has 90 valence electrons. The van der Waals surface area contributed by atoms with Crippen molar-refractivity contribution in [3.8, 4) is 0 Å². The van der Waals surface area contributed by atoms with Crippen LogP contribution in [0.15, 0.2) is 23.0 Å². The standard InChI is InChI=1S/C13H22N2O/c1-15-7-3-12(4-8-15)2-6-14-10-13-5-9-16-11-13/h5,9,11-12,14H,2-4,6-8,10H2,1H3. The molecule has 2 rings (SSSR count). The number of nitrogens with zero attached hydrogens (tertiary/aromatic N) is 1. The number of hydrogen-bond acceptors (Lipinski definition) is 3. The molecule has 0 bridgehead atoms. The molecule has 0 saturated carbocycles. The van der Waals surface area contributed by atoms with Crippen LogP contribution in [0, 0.1) is 5.92 Å². The van der Waals surface area contributed by atoms with Gasteiger partial charge in [0.1, 0.15) is 0 Å². The molecular weight excluding hydrogens is 200 g/mol. The molecule has 0 aromatic carbocycles. The summed E-state index contributed by atoms with van der Waals surface area (Å²) in [6.45, 7) is 4.60. The van der Waals surface area contributed by atoms with Gasteiger partial charge in [0.25, 0.3) is 0 Å². The molecule has 0 spiro atoms. The van der Waals surface area contributed by atoms with Crippen LogP contribution in [0.1, 0.15) is 24.8 Å². The second-order valence-electron chi connectivity index (χ2n) is 4.84. The van der Waals surface area contributed by atoms with E-state index in [1.165, 1.54) is 37.9 Å². The topological polar surface area (TPSA) is 28.4 Å². The van der Waals surface area contributed by atoms with Crippen LogP contribution < -0.4 is 5.32 Å². The highest BCUT2D eigenvalue weighted by molar-refractivity contribution is 5.04. The zero-order valence-electron chi connectivity index (χ0n) is 10.1. The van der Waals surface area contributed by atoms with Crippen LogP contribution in [0.5, 0.6) is 0 Å². The predicted molar refractivity (Wildman–Crippen MR) is 65.3 cm³/mol. The van der Waals surface area contributed by atoms with Gasteiger partial charge in [0, 0.05) is 12.1 Å². The van der Waals surface area contributed by atoms with Crippen molar-refractivity contribution in [2.75, 3.05) is 26.7 Å². The lowest BCUT2D eigenvalue weighted by Gasteiger charge is -2.28. The van der Waals surface area contributed by atoms with Gasteiger partial charge in [0.05, 0.1) is 12.5 Å². The van der Waals surface area contributed by atoms with Crippen molar-refractivity contribution in [1.82, 2.24) is 10.2 Å². The fourth-order valence-corrected chi connectivity index (χ4v) is 2.28. The molecule has 1 fully saturated rings. The molecule has 1 aliphatic rings. The predicted octanol–water partition coefficient (Wildman–Crippen LogP) is 2.10. The van der Waals surface area contributed by atoms with Crippen molar-refractivity contribution in [1.29, 1.82) is 0 Å². The highest BCUT2D eigenvalue weighted by Crippen LogP contribution is 2.18. The Morgan fingerprint density at radius 1 is 1.44 bits per heavy atom. The molecule has 0 aliphatic carbocycles. The summed E-state index contributed by atoms with van der Waals surface area (Å²) in [6, 6.07) is 2.02. The summed E-state index contributed by atoms with van der Waals surface area (Å²) in [6.07, 6.45) is 7.58. The fourth-order valence-electron chi connectivity index (χ4n) is 2.28. The second-order valence-corrected chi connectivity index (χ2v) is 4.84. The van der Waals surface area contributed by atoms with Crippen LogP contribution >= 0.6 is 0 Å². The van der Waals surface area contributed by atoms with Gasteiger partial charge in [-0.15, -0.1) is 0 Å². The Bertz CT molecular complexity index is 276. The van der Waals surface area contributed by atoms with E-state index in [9.17, 15) is 0 Å². The van der Waals surface area contributed by atoms with Crippen molar-refractivity contribution in [2.24, 2.45) is 5.92 Å². The highest BCUT2D eigenvalue weighted by atomic mass is 16.3. The fraction of sp³-hybridized carbons (Fsp3) is 0.692. The Labute approximate surface area is 97.8 Å². The van der Waals surface area contributed by atoms with E-state index in [1.807, 2.05) is 12.3 Å². The molecule has 0 radical (unpaired) electrons. The lowest BCUT2D eigenvalue weighted by molar-refractivity contribution is 0.211. The van der Waals surface area contributed by atoms with Gasteiger partial charge in [0.2, 0.25) is 0 Å². The summed E-state index contributed by atoms with van der Waals surface area (Å²) in [5, 5.41) is 3.47. The SMILES string of the molecule is CN1CCC(CCNCc2ccoc2)CC1. The molecule has 2 heterocycles. The number of hydrogen-bond donors (Lipinski definition) is 1. The third kappa shape index (κ3) is 3.65. The first-order valence-corrected chi connectivity index (χ1v) is 6.25. The maximum absolute atomic E-state index is 5.03. The van der Waals surface area contributed by atoms with E-state index < -0.39 is 0 Å². The number of likely N-dealkylation sites (tertiary alicyclic amines) is 1. The summed E-state index contributed by atoms with van der Waals surface area (Å²) in [5.41, 5.74) is 1.24. The zero-order valence-corrected chi connectivity index (χ0v) is 10.1. The van der Waals surface area contributed by atoms with Crippen molar-refractivity contribution in [3.63, 3.8) is 0 Å². The molecule has 1 saturated heterocycles. The number of furan rings is 1. The second kappa shape index (κ2) is 6.06. The summed E-state index contributed by atoms with van der Waals surface area (Å²) in [4.78, 5) is 2.43. The van der Waals surface area contributed by atoms with Crippen molar-refractivity contribution >= 4 is 0 Å². The van der Waals surface area contributed by atoms with Gasteiger partial charge in [-0.25, -0.2) is 0 Å². The molecule has 1 aromatic rings. The summed E-state index contributed by atoms with van der Waals surface area (Å²) < 4.78 is 5.03. The first-order valence-electron chi connectivity index (χ1n) is 6.25. The van der Waals surface area contributed by atoms with Gasteiger partial charge in [-0.2, -0.15) is 0 Å². The van der Waals surface area contributed by atoms with Gasteiger partial charge in [-0.1, -0.05) is 0 Å². The largest absolute Gasteiger partial charge is 0.472 e. The van der Waals surface area contributed by atoms with Crippen molar-refractivity contribution in [2.45, 2.75) is 25.8 Å². The van der Waals surface area contributed by atoms with Gasteiger partial charge in [-0.3, -0.25) is 0 Å². The molecule has 0 amide bonds. The van der Waals surface area contributed by atoms with Gasteiger partial charge in [0.15, 0.2) is 0 Å². The Morgan fingerprint density at radius 2 is 2.25 bits per heavy atom. The third-order valence-corrected chi connectivity index (χ3v) is 3.48. The molecule has 3 nitrogen and oxygen atoms in total. The van der Waals surface area contributed by atoms with Gasteiger partial charge in [-0.05, 0) is 57.9 Å². The van der Waals surface area contributed by atoms with E-state index in [-0.39, 0.29) is 0 Å². The molecule has 1 aromatic heterocycles. The maximum Gasteiger partial charge on any atom is 0.0947 e. The van der Waals surface area contributed by atoms with E-state index in [0.717, 1.165) is 19.0 Å². The lowest BCUT2D eigenvalue weighted by atomic mass is 9.94. The number of rotatable bonds is 5. The van der Waals surface area contributed by atoms with E-state index in [2.05, 4.69) is 17.3 Å². The van der Waals surface area contributed by atoms with E-state index >= 15 is 0 Å². The maximum atomic E-state index is 5.03. The molecular formula is C13H22N2O. The Morgan fingerprint density at radius 3 is 2.94 bits per heavy atom. The minimum Gasteiger partial charge on any atom is -0.472 e. The molecule has 1 N–H and O–H groups in total. The Kier molecular flexibility index (Phi) is 4.43. The average Bonchev–Trinajstić information content (AvgIpc) is 2.80. The highest BCUT2D eigenvalue weighted by Gasteiger charge is 2.15. The molecule has 3 heteroatoms. The van der Waals surface area contributed by atoms with Crippen LogP contribution in [-0.4, -0.2) is 31.6 Å². The lowest BCUT2D eigenvalue weighted by Crippen LogP contribution is -2.31. The first kappa shape index (κ1) is 11.7. The normalized spacial score (nSPS) is 19.1. The smallest absolute Gasteiger partial charge is 0.0947 e. The van der Waals surface area contributed by atoms with E-state index in [4.69, 9.17) is 4.42 Å². The quantitative estimate of drug-likeness (QED) is 0.773. The van der Waals surface area contributed by atoms with Crippen LogP contribution in [0.25, 0.3) is 0 Å². The van der Waals surface area contributed by atoms with Gasteiger partial charge >= 0.3 is 0 Å². The van der Waals surface area contributed by atoms with Crippen molar-refractivity contribution in [3.05, 3.63) is 24.2 Å². The Hall–Kier alpha value is -0.800. The summed E-state index contributed by atoms with van der Waals surface area (Å²) in [5.74, 6) is 0.924. The van der Waals surface area contributed by atoms with Gasteiger partial charge < -0.3 is 14.6 Å². The molecule has 16 heavy (non-hydrogen) atoms. The average molecular weight is 222 g/mol. The number of piperidine rings is 1. The summed E-state index contributed by atoms with van der Waals surface area (Å²) >= 11 is 0. The van der Waals surface area contributed by atoms with Crippen LogP contribution in [-0.2, 0) is 6.54 Å². The van der Waals surface area contributed by atoms with E-state index in [0.29, 0.717) is 0 Å². The minimum absolute atomic E-state index is 0.924. The zero-order chi connectivity index (χ0) is 11.2. The van der Waals surface area contributed by atoms with Crippen molar-refractivity contribution < 1.29 is 4.42 Å². The third-order valence-electron chi connectivity index (χ3n) is 3.48. The number of nitrogens with one attached hydrogen (secondary N) is 1.